The Labute approximate surface area is 166 Å². The normalized spacial score (nSPS) is 10.7. The van der Waals surface area contributed by atoms with Crippen LogP contribution in [-0.4, -0.2) is 24.0 Å². The first-order valence-corrected chi connectivity index (χ1v) is 9.05. The number of halogens is 1. The molecule has 1 aromatic heterocycles. The largest absolute Gasteiger partial charge is 0.465 e. The number of aryl methyl sites for hydroxylation is 2. The van der Waals surface area contributed by atoms with Crippen molar-refractivity contribution < 1.29 is 14.3 Å². The van der Waals surface area contributed by atoms with E-state index in [1.54, 1.807) is 12.1 Å². The highest BCUT2D eigenvalue weighted by Gasteiger charge is 2.13. The second-order valence-corrected chi connectivity index (χ2v) is 6.86. The number of nitrogens with one attached hydrogen (secondary N) is 2. The van der Waals surface area contributed by atoms with Crippen molar-refractivity contribution in [1.29, 1.82) is 0 Å². The summed E-state index contributed by atoms with van der Waals surface area (Å²) in [6.45, 7) is 1.96. The third-order valence-corrected chi connectivity index (χ3v) is 4.68. The van der Waals surface area contributed by atoms with Crippen molar-refractivity contribution in [2.45, 2.75) is 19.8 Å². The molecule has 0 bridgehead atoms. The molecule has 2 aromatic carbocycles. The summed E-state index contributed by atoms with van der Waals surface area (Å²) >= 11 is 5.97. The van der Waals surface area contributed by atoms with Gasteiger partial charge in [0.1, 0.15) is 0 Å². The topological polar surface area (TPSA) is 88.3 Å². The van der Waals surface area contributed by atoms with Gasteiger partial charge in [-0.1, -0.05) is 23.7 Å². The number of ether oxygens (including phenoxy) is 1. The van der Waals surface area contributed by atoms with Crippen LogP contribution in [0.2, 0.25) is 5.02 Å². The first kappa shape index (κ1) is 19.6. The van der Waals surface area contributed by atoms with Crippen molar-refractivity contribution in [2.75, 3.05) is 12.4 Å². The van der Waals surface area contributed by atoms with E-state index in [2.05, 4.69) is 15.0 Å². The minimum Gasteiger partial charge on any atom is -0.465 e. The van der Waals surface area contributed by atoms with E-state index in [9.17, 15) is 14.4 Å². The predicted molar refractivity (Wildman–Crippen MR) is 109 cm³/mol. The summed E-state index contributed by atoms with van der Waals surface area (Å²) in [7, 11) is 1.26. The van der Waals surface area contributed by atoms with Crippen LogP contribution in [0.4, 0.5) is 5.69 Å². The Kier molecular flexibility index (Phi) is 5.80. The van der Waals surface area contributed by atoms with Crippen molar-refractivity contribution in [1.82, 2.24) is 4.98 Å². The van der Waals surface area contributed by atoms with Gasteiger partial charge in [0.2, 0.25) is 5.91 Å². The van der Waals surface area contributed by atoms with E-state index in [1.807, 2.05) is 25.1 Å². The van der Waals surface area contributed by atoms with E-state index in [1.165, 1.54) is 19.2 Å². The van der Waals surface area contributed by atoms with Crippen LogP contribution in [0.1, 0.15) is 27.9 Å². The molecule has 0 aliphatic heterocycles. The fourth-order valence-electron chi connectivity index (χ4n) is 2.89. The molecule has 0 aliphatic rings. The van der Waals surface area contributed by atoms with Crippen LogP contribution in [0, 0.1) is 6.92 Å². The lowest BCUT2D eigenvalue weighted by Crippen LogP contribution is -2.17. The lowest BCUT2D eigenvalue weighted by molar-refractivity contribution is -0.116. The molecule has 7 heteroatoms. The number of anilines is 1. The third kappa shape index (κ3) is 4.40. The molecule has 6 nitrogen and oxygen atoms in total. The average Bonchev–Trinajstić information content (AvgIpc) is 2.67. The number of fused-ring (bicyclic) bond motifs is 1. The van der Waals surface area contributed by atoms with Crippen LogP contribution >= 0.6 is 11.6 Å². The molecule has 0 saturated heterocycles. The number of benzene rings is 2. The van der Waals surface area contributed by atoms with Crippen molar-refractivity contribution in [2.24, 2.45) is 0 Å². The summed E-state index contributed by atoms with van der Waals surface area (Å²) in [6, 6.07) is 12.2. The monoisotopic (exact) mass is 398 g/mol. The second-order valence-electron chi connectivity index (χ2n) is 6.45. The van der Waals surface area contributed by atoms with Gasteiger partial charge in [0, 0.05) is 23.2 Å². The zero-order chi connectivity index (χ0) is 20.3. The molecule has 2 N–H and O–H groups in total. The summed E-state index contributed by atoms with van der Waals surface area (Å²) in [6.07, 6.45) is 0.416. The number of carbonyl (C=O) groups excluding carboxylic acids is 2. The number of aromatic nitrogens is 1. The quantitative estimate of drug-likeness (QED) is 0.639. The average molecular weight is 399 g/mol. The third-order valence-electron chi connectivity index (χ3n) is 4.36. The molecular weight excluding hydrogens is 380 g/mol. The van der Waals surface area contributed by atoms with Crippen LogP contribution in [0.15, 0.2) is 47.3 Å². The number of aromatic amines is 1. The summed E-state index contributed by atoms with van der Waals surface area (Å²) in [5, 5.41) is 3.86. The van der Waals surface area contributed by atoms with Gasteiger partial charge in [-0.15, -0.1) is 0 Å². The summed E-state index contributed by atoms with van der Waals surface area (Å²) < 4.78 is 4.66. The smallest absolute Gasteiger partial charge is 0.339 e. The Morgan fingerprint density at radius 1 is 1.14 bits per heavy atom. The fraction of sp³-hybridized carbons (Fsp3) is 0.190. The molecule has 0 spiro atoms. The maximum atomic E-state index is 12.3. The van der Waals surface area contributed by atoms with Gasteiger partial charge in [-0.05, 0) is 54.6 Å². The van der Waals surface area contributed by atoms with E-state index in [0.717, 1.165) is 16.5 Å². The molecular formula is C21H19ClN2O4. The second kappa shape index (κ2) is 8.27. The number of esters is 1. The SMILES string of the molecule is COC(=O)c1cc(NC(=O)CCc2cc3ccc(C)cc3[nH]c2=O)ccc1Cl. The van der Waals surface area contributed by atoms with Gasteiger partial charge in [-0.2, -0.15) is 0 Å². The van der Waals surface area contributed by atoms with E-state index in [0.29, 0.717) is 17.7 Å². The number of amides is 1. The Morgan fingerprint density at radius 2 is 1.93 bits per heavy atom. The molecule has 0 aliphatic carbocycles. The maximum Gasteiger partial charge on any atom is 0.339 e. The summed E-state index contributed by atoms with van der Waals surface area (Å²) in [5.74, 6) is -0.861. The molecule has 0 fully saturated rings. The van der Waals surface area contributed by atoms with Crippen LogP contribution in [0.5, 0.6) is 0 Å². The Morgan fingerprint density at radius 3 is 2.68 bits per heavy atom. The molecule has 0 atom stereocenters. The van der Waals surface area contributed by atoms with Crippen molar-refractivity contribution >= 4 is 40.1 Å². The molecule has 144 valence electrons. The molecule has 0 saturated carbocycles. The first-order valence-electron chi connectivity index (χ1n) is 8.67. The van der Waals surface area contributed by atoms with Gasteiger partial charge >= 0.3 is 5.97 Å². The zero-order valence-electron chi connectivity index (χ0n) is 15.5. The number of H-pyrrole nitrogens is 1. The summed E-state index contributed by atoms with van der Waals surface area (Å²) in [4.78, 5) is 39.1. The predicted octanol–water partition coefficient (Wildman–Crippen LogP) is 3.85. The fourth-order valence-corrected chi connectivity index (χ4v) is 3.08. The van der Waals surface area contributed by atoms with Gasteiger partial charge in [-0.25, -0.2) is 4.79 Å². The molecule has 3 rings (SSSR count). The standard InChI is InChI=1S/C21H19ClN2O4/c1-12-3-4-13-10-14(20(26)24-18(13)9-12)5-8-19(25)23-15-6-7-17(22)16(11-15)21(27)28-2/h3-4,6-7,9-11H,5,8H2,1-2H3,(H,23,25)(H,24,26). The Balaban J connectivity index is 1.70. The minimum atomic E-state index is -0.584. The number of hydrogen-bond donors (Lipinski definition) is 2. The Hall–Kier alpha value is -3.12. The first-order chi connectivity index (χ1) is 13.4. The van der Waals surface area contributed by atoms with E-state index < -0.39 is 5.97 Å². The Bertz CT molecular complexity index is 1120. The molecule has 1 amide bonds. The minimum absolute atomic E-state index is 0.122. The molecule has 1 heterocycles. The molecule has 28 heavy (non-hydrogen) atoms. The van der Waals surface area contributed by atoms with E-state index in [4.69, 9.17) is 11.6 Å². The molecule has 3 aromatic rings. The van der Waals surface area contributed by atoms with Gasteiger partial charge in [0.25, 0.3) is 5.56 Å². The highest BCUT2D eigenvalue weighted by atomic mass is 35.5. The van der Waals surface area contributed by atoms with Crippen molar-refractivity contribution in [3.05, 3.63) is 74.5 Å². The van der Waals surface area contributed by atoms with Crippen LogP contribution < -0.4 is 10.9 Å². The zero-order valence-corrected chi connectivity index (χ0v) is 16.2. The van der Waals surface area contributed by atoms with Crippen LogP contribution in [0.25, 0.3) is 10.9 Å². The van der Waals surface area contributed by atoms with E-state index >= 15 is 0 Å². The van der Waals surface area contributed by atoms with E-state index in [-0.39, 0.29) is 28.5 Å². The number of rotatable bonds is 5. The molecule has 0 radical (unpaired) electrons. The van der Waals surface area contributed by atoms with Gasteiger partial charge < -0.3 is 15.0 Å². The lowest BCUT2D eigenvalue weighted by atomic mass is 10.1. The number of methoxy groups -OCH3 is 1. The van der Waals surface area contributed by atoms with Crippen molar-refractivity contribution in [3.8, 4) is 0 Å². The highest BCUT2D eigenvalue weighted by molar-refractivity contribution is 6.33. The van der Waals surface area contributed by atoms with Gasteiger partial charge in [-0.3, -0.25) is 9.59 Å². The van der Waals surface area contributed by atoms with Gasteiger partial charge in [0.05, 0.1) is 17.7 Å². The van der Waals surface area contributed by atoms with Gasteiger partial charge in [0.15, 0.2) is 0 Å². The molecule has 0 unspecified atom stereocenters. The van der Waals surface area contributed by atoms with Crippen LogP contribution in [0.3, 0.4) is 0 Å². The van der Waals surface area contributed by atoms with Crippen LogP contribution in [-0.2, 0) is 16.0 Å². The number of carbonyl (C=O) groups is 2. The van der Waals surface area contributed by atoms with Crippen molar-refractivity contribution in [3.63, 3.8) is 0 Å². The summed E-state index contributed by atoms with van der Waals surface area (Å²) in [5.41, 5.74) is 2.77. The lowest BCUT2D eigenvalue weighted by Gasteiger charge is -2.08. The number of pyridine rings is 1. The highest BCUT2D eigenvalue weighted by Crippen LogP contribution is 2.21. The number of hydrogen-bond acceptors (Lipinski definition) is 4. The maximum absolute atomic E-state index is 12.3.